The minimum Gasteiger partial charge on any atom is -0.370 e. The Bertz CT molecular complexity index is 550. The van der Waals surface area contributed by atoms with Crippen LogP contribution in [0.1, 0.15) is 27.7 Å². The van der Waals surface area contributed by atoms with Crippen LogP contribution in [0.4, 0.5) is 11.4 Å². The first-order chi connectivity index (χ1) is 9.90. The van der Waals surface area contributed by atoms with Gasteiger partial charge in [0.2, 0.25) is 5.91 Å². The standard InChI is InChI=1S/C16H23N3O2/c1-5-18(6-2)14(20)11-19-13-10-8-7-9-12(13)17-16(3,4)15(19)21/h7-10,17H,5-6,11H2,1-4H3. The van der Waals surface area contributed by atoms with Crippen molar-refractivity contribution < 1.29 is 9.59 Å². The van der Waals surface area contributed by atoms with Crippen molar-refractivity contribution in [3.05, 3.63) is 24.3 Å². The van der Waals surface area contributed by atoms with Crippen molar-refractivity contribution in [3.8, 4) is 0 Å². The average molecular weight is 289 g/mol. The lowest BCUT2D eigenvalue weighted by molar-refractivity contribution is -0.131. The van der Waals surface area contributed by atoms with Crippen molar-refractivity contribution in [1.82, 2.24) is 4.90 Å². The molecule has 0 radical (unpaired) electrons. The number of nitrogens with one attached hydrogen (secondary N) is 1. The summed E-state index contributed by atoms with van der Waals surface area (Å²) in [7, 11) is 0. The Balaban J connectivity index is 2.33. The maximum atomic E-state index is 12.6. The summed E-state index contributed by atoms with van der Waals surface area (Å²) in [6, 6.07) is 7.59. The summed E-state index contributed by atoms with van der Waals surface area (Å²) in [5.41, 5.74) is 0.939. The van der Waals surface area contributed by atoms with Crippen molar-refractivity contribution in [3.63, 3.8) is 0 Å². The molecule has 2 rings (SSSR count). The predicted octanol–water partition coefficient (Wildman–Crippen LogP) is 2.09. The number of anilines is 2. The molecule has 114 valence electrons. The van der Waals surface area contributed by atoms with Crippen molar-refractivity contribution in [2.75, 3.05) is 29.9 Å². The van der Waals surface area contributed by atoms with Crippen LogP contribution in [0.15, 0.2) is 24.3 Å². The van der Waals surface area contributed by atoms with Gasteiger partial charge in [-0.15, -0.1) is 0 Å². The largest absolute Gasteiger partial charge is 0.370 e. The molecule has 1 aliphatic heterocycles. The van der Waals surface area contributed by atoms with Crippen molar-refractivity contribution >= 4 is 23.2 Å². The number of likely N-dealkylation sites (N-methyl/N-ethyl adjacent to an activating group) is 1. The highest BCUT2D eigenvalue weighted by Crippen LogP contribution is 2.34. The van der Waals surface area contributed by atoms with Crippen LogP contribution in [0.2, 0.25) is 0 Å². The Morgan fingerprint density at radius 2 is 1.86 bits per heavy atom. The Kier molecular flexibility index (Phi) is 4.21. The maximum absolute atomic E-state index is 12.6. The molecule has 1 heterocycles. The smallest absolute Gasteiger partial charge is 0.252 e. The molecule has 0 saturated heterocycles. The second-order valence-corrected chi connectivity index (χ2v) is 5.72. The Morgan fingerprint density at radius 3 is 2.48 bits per heavy atom. The van der Waals surface area contributed by atoms with Crippen molar-refractivity contribution in [2.24, 2.45) is 0 Å². The third-order valence-corrected chi connectivity index (χ3v) is 3.83. The minimum atomic E-state index is -0.710. The van der Waals surface area contributed by atoms with E-state index in [4.69, 9.17) is 0 Å². The number of carbonyl (C=O) groups is 2. The molecule has 0 bridgehead atoms. The molecule has 21 heavy (non-hydrogen) atoms. The first-order valence-corrected chi connectivity index (χ1v) is 7.37. The van der Waals surface area contributed by atoms with E-state index < -0.39 is 5.54 Å². The van der Waals surface area contributed by atoms with E-state index in [0.717, 1.165) is 11.4 Å². The van der Waals surface area contributed by atoms with Crippen molar-refractivity contribution in [1.29, 1.82) is 0 Å². The zero-order chi connectivity index (χ0) is 15.6. The lowest BCUT2D eigenvalue weighted by Crippen LogP contribution is -2.56. The second kappa shape index (κ2) is 5.76. The summed E-state index contributed by atoms with van der Waals surface area (Å²) in [6.45, 7) is 8.95. The normalized spacial score (nSPS) is 16.2. The number of nitrogens with zero attached hydrogens (tertiary/aromatic N) is 2. The molecule has 1 aliphatic rings. The molecule has 2 amide bonds. The number of fused-ring (bicyclic) bond motifs is 1. The Hall–Kier alpha value is -2.04. The summed E-state index contributed by atoms with van der Waals surface area (Å²) >= 11 is 0. The fourth-order valence-corrected chi connectivity index (χ4v) is 2.62. The fourth-order valence-electron chi connectivity index (χ4n) is 2.62. The molecule has 0 spiro atoms. The van der Waals surface area contributed by atoms with Gasteiger partial charge in [-0.2, -0.15) is 0 Å². The number of hydrogen-bond donors (Lipinski definition) is 1. The molecule has 1 N–H and O–H groups in total. The van der Waals surface area contributed by atoms with Crippen LogP contribution in [0.3, 0.4) is 0 Å². The van der Waals surface area contributed by atoms with Crippen LogP contribution in [0.25, 0.3) is 0 Å². The summed E-state index contributed by atoms with van der Waals surface area (Å²) in [5, 5.41) is 3.23. The summed E-state index contributed by atoms with van der Waals surface area (Å²) in [4.78, 5) is 28.3. The first kappa shape index (κ1) is 15.4. The minimum absolute atomic E-state index is 0.0270. The van der Waals surface area contributed by atoms with Gasteiger partial charge < -0.3 is 10.2 Å². The monoisotopic (exact) mass is 289 g/mol. The molecule has 0 aromatic heterocycles. The number of carbonyl (C=O) groups excluding carboxylic acids is 2. The molecular weight excluding hydrogens is 266 g/mol. The maximum Gasteiger partial charge on any atom is 0.252 e. The van der Waals surface area contributed by atoms with Crippen LogP contribution in [0, 0.1) is 0 Å². The molecule has 5 nitrogen and oxygen atoms in total. The third kappa shape index (κ3) is 2.86. The Morgan fingerprint density at radius 1 is 1.24 bits per heavy atom. The zero-order valence-corrected chi connectivity index (χ0v) is 13.1. The molecule has 0 unspecified atom stereocenters. The molecule has 5 heteroatoms. The first-order valence-electron chi connectivity index (χ1n) is 7.37. The summed E-state index contributed by atoms with van der Waals surface area (Å²) < 4.78 is 0. The zero-order valence-electron chi connectivity index (χ0n) is 13.1. The fraction of sp³-hybridized carbons (Fsp3) is 0.500. The van der Waals surface area contributed by atoms with Crippen LogP contribution in [-0.2, 0) is 9.59 Å². The van der Waals surface area contributed by atoms with E-state index >= 15 is 0 Å². The Labute approximate surface area is 125 Å². The van der Waals surface area contributed by atoms with Crippen molar-refractivity contribution in [2.45, 2.75) is 33.2 Å². The molecule has 1 aromatic rings. The van der Waals surface area contributed by atoms with Gasteiger partial charge in [0.1, 0.15) is 12.1 Å². The van der Waals surface area contributed by atoms with Gasteiger partial charge in [-0.1, -0.05) is 12.1 Å². The number of para-hydroxylation sites is 2. The van der Waals surface area contributed by atoms with E-state index in [1.54, 1.807) is 9.80 Å². The predicted molar refractivity (Wildman–Crippen MR) is 84.4 cm³/mol. The highest BCUT2D eigenvalue weighted by atomic mass is 16.2. The lowest BCUT2D eigenvalue weighted by Gasteiger charge is -2.40. The molecule has 0 saturated carbocycles. The number of amides is 2. The molecular formula is C16H23N3O2. The van der Waals surface area contributed by atoms with Gasteiger partial charge in [-0.05, 0) is 39.8 Å². The van der Waals surface area contributed by atoms with E-state index in [9.17, 15) is 9.59 Å². The van der Waals surface area contributed by atoms with Crippen LogP contribution >= 0.6 is 0 Å². The van der Waals surface area contributed by atoms with E-state index in [1.807, 2.05) is 52.0 Å². The molecule has 1 aromatic carbocycles. The van der Waals surface area contributed by atoms with Crippen LogP contribution in [0.5, 0.6) is 0 Å². The van der Waals surface area contributed by atoms with E-state index in [0.29, 0.717) is 13.1 Å². The van der Waals surface area contributed by atoms with Gasteiger partial charge in [0.25, 0.3) is 5.91 Å². The lowest BCUT2D eigenvalue weighted by atomic mass is 9.98. The van der Waals surface area contributed by atoms with E-state index in [2.05, 4.69) is 5.32 Å². The van der Waals surface area contributed by atoms with Crippen LogP contribution < -0.4 is 10.2 Å². The number of benzene rings is 1. The average Bonchev–Trinajstić information content (AvgIpc) is 2.44. The second-order valence-electron chi connectivity index (χ2n) is 5.72. The quantitative estimate of drug-likeness (QED) is 0.923. The van der Waals surface area contributed by atoms with E-state index in [-0.39, 0.29) is 18.4 Å². The van der Waals surface area contributed by atoms with Gasteiger partial charge in [-0.25, -0.2) is 0 Å². The van der Waals surface area contributed by atoms with Gasteiger partial charge in [0, 0.05) is 13.1 Å². The van der Waals surface area contributed by atoms with Gasteiger partial charge >= 0.3 is 0 Å². The van der Waals surface area contributed by atoms with E-state index in [1.165, 1.54) is 0 Å². The molecule has 0 aliphatic carbocycles. The highest BCUT2D eigenvalue weighted by molar-refractivity contribution is 6.09. The highest BCUT2D eigenvalue weighted by Gasteiger charge is 2.39. The third-order valence-electron chi connectivity index (χ3n) is 3.83. The number of rotatable bonds is 4. The topological polar surface area (TPSA) is 52.7 Å². The van der Waals surface area contributed by atoms with Gasteiger partial charge in [-0.3, -0.25) is 14.5 Å². The SMILES string of the molecule is CCN(CC)C(=O)CN1C(=O)C(C)(C)Nc2ccccc21. The van der Waals surface area contributed by atoms with Gasteiger partial charge in [0.05, 0.1) is 11.4 Å². The van der Waals surface area contributed by atoms with Crippen LogP contribution in [-0.4, -0.2) is 41.9 Å². The summed E-state index contributed by atoms with van der Waals surface area (Å²) in [5.74, 6) is -0.109. The number of hydrogen-bond acceptors (Lipinski definition) is 3. The molecule has 0 atom stereocenters. The summed E-state index contributed by atoms with van der Waals surface area (Å²) in [6.07, 6.45) is 0. The van der Waals surface area contributed by atoms with Gasteiger partial charge in [0.15, 0.2) is 0 Å². The molecule has 0 fully saturated rings.